The molecule has 116 valence electrons. The highest BCUT2D eigenvalue weighted by molar-refractivity contribution is 8.06. The molecule has 0 radical (unpaired) electrons. The maximum atomic E-state index is 6.03. The van der Waals surface area contributed by atoms with Gasteiger partial charge in [0, 0.05) is 16.5 Å². The molecule has 1 aliphatic rings. The third-order valence-corrected chi connectivity index (χ3v) is 6.03. The van der Waals surface area contributed by atoms with E-state index in [1.165, 1.54) is 16.0 Å². The van der Waals surface area contributed by atoms with E-state index in [1.807, 2.05) is 24.1 Å². The fourth-order valence-electron chi connectivity index (χ4n) is 3.13. The number of benzene rings is 1. The molecule has 0 atom stereocenters. The Balaban J connectivity index is 2.48. The highest BCUT2D eigenvalue weighted by Gasteiger charge is 2.43. The molecule has 0 fully saturated rings. The number of nitrogens with zero attached hydrogens (tertiary/aromatic N) is 1. The molecule has 1 N–H and O–H groups in total. The number of halogens is 1. The SMILES string of the molecule is CCNCC1=C(c2ccc(Cl)cc2)SN(C)C1(CC)CC. The Hall–Kier alpha value is -0.480. The zero-order valence-electron chi connectivity index (χ0n) is 13.4. The van der Waals surface area contributed by atoms with Crippen LogP contribution in [0.15, 0.2) is 29.8 Å². The Morgan fingerprint density at radius 2 is 1.76 bits per heavy atom. The summed E-state index contributed by atoms with van der Waals surface area (Å²) in [4.78, 5) is 1.39. The van der Waals surface area contributed by atoms with Gasteiger partial charge in [-0.05, 0) is 61.7 Å². The maximum Gasteiger partial charge on any atom is 0.0543 e. The van der Waals surface area contributed by atoms with Crippen molar-refractivity contribution in [3.8, 4) is 0 Å². The molecular formula is C17H25ClN2S. The molecule has 1 aromatic rings. The van der Waals surface area contributed by atoms with Crippen LogP contribution >= 0.6 is 23.5 Å². The Kier molecular flexibility index (Phi) is 5.78. The van der Waals surface area contributed by atoms with Crippen LogP contribution in [0.25, 0.3) is 4.91 Å². The molecule has 0 saturated heterocycles. The van der Waals surface area contributed by atoms with E-state index in [-0.39, 0.29) is 5.54 Å². The average molecular weight is 325 g/mol. The second kappa shape index (κ2) is 7.19. The summed E-state index contributed by atoms with van der Waals surface area (Å²) >= 11 is 7.90. The van der Waals surface area contributed by atoms with E-state index in [2.05, 4.69) is 49.6 Å². The maximum absolute atomic E-state index is 6.03. The van der Waals surface area contributed by atoms with E-state index in [0.717, 1.165) is 31.0 Å². The summed E-state index contributed by atoms with van der Waals surface area (Å²) in [5.41, 5.74) is 2.94. The van der Waals surface area contributed by atoms with Gasteiger partial charge in [0.15, 0.2) is 0 Å². The van der Waals surface area contributed by atoms with Crippen LogP contribution < -0.4 is 5.32 Å². The first kappa shape index (κ1) is 16.9. The van der Waals surface area contributed by atoms with Crippen LogP contribution in [-0.4, -0.2) is 30.0 Å². The molecule has 0 aliphatic carbocycles. The van der Waals surface area contributed by atoms with Gasteiger partial charge in [-0.2, -0.15) is 0 Å². The van der Waals surface area contributed by atoms with Crippen molar-refractivity contribution in [2.45, 2.75) is 39.2 Å². The molecule has 2 nitrogen and oxygen atoms in total. The fraction of sp³-hybridized carbons (Fsp3) is 0.529. The monoisotopic (exact) mass is 324 g/mol. The van der Waals surface area contributed by atoms with E-state index < -0.39 is 0 Å². The number of hydrogen-bond donors (Lipinski definition) is 1. The quantitative estimate of drug-likeness (QED) is 0.756. The highest BCUT2D eigenvalue weighted by Crippen LogP contribution is 2.51. The largest absolute Gasteiger partial charge is 0.313 e. The minimum absolute atomic E-state index is 0.155. The van der Waals surface area contributed by atoms with E-state index in [1.54, 1.807) is 0 Å². The van der Waals surface area contributed by atoms with E-state index in [0.29, 0.717) is 0 Å². The topological polar surface area (TPSA) is 15.3 Å². The van der Waals surface area contributed by atoms with Crippen molar-refractivity contribution >= 4 is 28.5 Å². The van der Waals surface area contributed by atoms with E-state index in [4.69, 9.17) is 11.6 Å². The van der Waals surface area contributed by atoms with Crippen LogP contribution in [0, 0.1) is 0 Å². The third kappa shape index (κ3) is 3.16. The first-order chi connectivity index (χ1) is 10.1. The third-order valence-electron chi connectivity index (χ3n) is 4.49. The Labute approximate surface area is 138 Å². The minimum Gasteiger partial charge on any atom is -0.313 e. The molecule has 2 rings (SSSR count). The second-order valence-corrected chi connectivity index (χ2v) is 7.00. The fourth-order valence-corrected chi connectivity index (χ4v) is 4.68. The number of hydrogen-bond acceptors (Lipinski definition) is 3. The standard InChI is InChI=1S/C17H25ClN2S/c1-5-17(6-2)15(12-19-7-3)16(21-20(17)4)13-8-10-14(18)11-9-13/h8-11,19H,5-7,12H2,1-4H3. The summed E-state index contributed by atoms with van der Waals surface area (Å²) in [5.74, 6) is 0. The van der Waals surface area contributed by atoms with Gasteiger partial charge in [0.2, 0.25) is 0 Å². The molecule has 0 aromatic heterocycles. The van der Waals surface area contributed by atoms with Crippen LogP contribution in [0.5, 0.6) is 0 Å². The highest BCUT2D eigenvalue weighted by atomic mass is 35.5. The van der Waals surface area contributed by atoms with Gasteiger partial charge in [0.05, 0.1) is 5.54 Å². The molecular weight excluding hydrogens is 300 g/mol. The first-order valence-corrected chi connectivity index (χ1v) is 8.86. The van der Waals surface area contributed by atoms with Crippen LogP contribution in [-0.2, 0) is 0 Å². The zero-order chi connectivity index (χ0) is 15.5. The second-order valence-electron chi connectivity index (χ2n) is 5.42. The van der Waals surface area contributed by atoms with Crippen molar-refractivity contribution in [2.75, 3.05) is 20.1 Å². The lowest BCUT2D eigenvalue weighted by Gasteiger charge is -2.36. The number of nitrogens with one attached hydrogen (secondary N) is 1. The molecule has 4 heteroatoms. The van der Waals surface area contributed by atoms with Crippen LogP contribution in [0.1, 0.15) is 39.2 Å². The molecule has 1 aliphatic heterocycles. The van der Waals surface area contributed by atoms with E-state index >= 15 is 0 Å². The lowest BCUT2D eigenvalue weighted by atomic mass is 9.83. The smallest absolute Gasteiger partial charge is 0.0543 e. The summed E-state index contributed by atoms with van der Waals surface area (Å²) in [6.07, 6.45) is 2.26. The lowest BCUT2D eigenvalue weighted by Crippen LogP contribution is -2.42. The molecule has 21 heavy (non-hydrogen) atoms. The van der Waals surface area contributed by atoms with Gasteiger partial charge in [-0.15, -0.1) is 0 Å². The van der Waals surface area contributed by atoms with Crippen molar-refractivity contribution in [1.82, 2.24) is 9.62 Å². The van der Waals surface area contributed by atoms with E-state index in [9.17, 15) is 0 Å². The van der Waals surface area contributed by atoms with Crippen molar-refractivity contribution in [1.29, 1.82) is 0 Å². The molecule has 0 spiro atoms. The van der Waals surface area contributed by atoms with Gasteiger partial charge in [-0.1, -0.05) is 44.5 Å². The first-order valence-electron chi connectivity index (χ1n) is 7.71. The normalized spacial score (nSPS) is 18.5. The Bertz CT molecular complexity index is 506. The van der Waals surface area contributed by atoms with Gasteiger partial charge in [-0.25, -0.2) is 4.31 Å². The van der Waals surface area contributed by atoms with Crippen molar-refractivity contribution in [3.05, 3.63) is 40.4 Å². The van der Waals surface area contributed by atoms with Crippen LogP contribution in [0.3, 0.4) is 0 Å². The van der Waals surface area contributed by atoms with Crippen molar-refractivity contribution in [2.24, 2.45) is 0 Å². The van der Waals surface area contributed by atoms with Gasteiger partial charge >= 0.3 is 0 Å². The summed E-state index contributed by atoms with van der Waals surface area (Å²) in [6.45, 7) is 8.69. The summed E-state index contributed by atoms with van der Waals surface area (Å²) in [7, 11) is 2.21. The van der Waals surface area contributed by atoms with Gasteiger partial charge in [-0.3, -0.25) is 0 Å². The Morgan fingerprint density at radius 3 is 2.29 bits per heavy atom. The van der Waals surface area contributed by atoms with Gasteiger partial charge in [0.25, 0.3) is 0 Å². The van der Waals surface area contributed by atoms with Crippen LogP contribution in [0.4, 0.5) is 0 Å². The molecule has 0 saturated carbocycles. The summed E-state index contributed by atoms with van der Waals surface area (Å²) in [5, 5.41) is 4.31. The number of likely N-dealkylation sites (N-methyl/N-ethyl adjacent to an activating group) is 2. The molecule has 1 heterocycles. The Morgan fingerprint density at radius 1 is 1.14 bits per heavy atom. The van der Waals surface area contributed by atoms with Gasteiger partial charge < -0.3 is 5.32 Å². The van der Waals surface area contributed by atoms with Gasteiger partial charge in [0.1, 0.15) is 0 Å². The van der Waals surface area contributed by atoms with Crippen molar-refractivity contribution in [3.63, 3.8) is 0 Å². The molecule has 0 bridgehead atoms. The summed E-state index contributed by atoms with van der Waals surface area (Å²) < 4.78 is 2.43. The molecule has 1 aromatic carbocycles. The van der Waals surface area contributed by atoms with Crippen LogP contribution in [0.2, 0.25) is 5.02 Å². The predicted molar refractivity (Wildman–Crippen MR) is 95.6 cm³/mol. The molecule has 0 amide bonds. The zero-order valence-corrected chi connectivity index (χ0v) is 14.9. The minimum atomic E-state index is 0.155. The molecule has 0 unspecified atom stereocenters. The number of rotatable bonds is 6. The predicted octanol–water partition coefficient (Wildman–Crippen LogP) is 4.81. The van der Waals surface area contributed by atoms with Crippen molar-refractivity contribution < 1.29 is 0 Å². The summed E-state index contributed by atoms with van der Waals surface area (Å²) in [6, 6.07) is 8.22. The lowest BCUT2D eigenvalue weighted by molar-refractivity contribution is 0.268. The average Bonchev–Trinajstić information content (AvgIpc) is 2.78.